The van der Waals surface area contributed by atoms with Crippen LogP contribution < -0.4 is 11.3 Å². The van der Waals surface area contributed by atoms with Gasteiger partial charge in [-0.2, -0.15) is 0 Å². The highest BCUT2D eigenvalue weighted by Crippen LogP contribution is 2.13. The predicted molar refractivity (Wildman–Crippen MR) is 70.1 cm³/mol. The van der Waals surface area contributed by atoms with Crippen LogP contribution in [0, 0.1) is 11.6 Å². The Kier molecular flexibility index (Phi) is 5.84. The van der Waals surface area contributed by atoms with Gasteiger partial charge in [0.25, 0.3) is 0 Å². The SMILES string of the molecule is CS(=O)(=O)CCCC(Cc1ccc(F)cc1F)NN. The van der Waals surface area contributed by atoms with Crippen molar-refractivity contribution in [3.8, 4) is 0 Å². The van der Waals surface area contributed by atoms with Gasteiger partial charge >= 0.3 is 0 Å². The number of hydrogen-bond donors (Lipinski definition) is 2. The minimum Gasteiger partial charge on any atom is -0.271 e. The van der Waals surface area contributed by atoms with Crippen LogP contribution in [-0.4, -0.2) is 26.5 Å². The Labute approximate surface area is 111 Å². The zero-order chi connectivity index (χ0) is 14.5. The van der Waals surface area contributed by atoms with Gasteiger partial charge in [-0.1, -0.05) is 6.07 Å². The summed E-state index contributed by atoms with van der Waals surface area (Å²) in [6, 6.07) is 3.12. The molecule has 0 amide bonds. The molecule has 0 heterocycles. The molecule has 19 heavy (non-hydrogen) atoms. The number of benzene rings is 1. The topological polar surface area (TPSA) is 72.2 Å². The molecule has 0 fully saturated rings. The molecule has 3 N–H and O–H groups in total. The van der Waals surface area contributed by atoms with Crippen molar-refractivity contribution in [1.29, 1.82) is 0 Å². The smallest absolute Gasteiger partial charge is 0.147 e. The first kappa shape index (κ1) is 16.0. The van der Waals surface area contributed by atoms with Gasteiger partial charge in [0.2, 0.25) is 0 Å². The first-order valence-electron chi connectivity index (χ1n) is 5.89. The summed E-state index contributed by atoms with van der Waals surface area (Å²) >= 11 is 0. The van der Waals surface area contributed by atoms with Crippen LogP contribution >= 0.6 is 0 Å². The first-order valence-corrected chi connectivity index (χ1v) is 7.95. The molecule has 1 aromatic carbocycles. The maximum absolute atomic E-state index is 13.5. The summed E-state index contributed by atoms with van der Waals surface area (Å²) in [5.74, 6) is 4.17. The zero-order valence-electron chi connectivity index (χ0n) is 10.7. The van der Waals surface area contributed by atoms with Crippen molar-refractivity contribution in [2.75, 3.05) is 12.0 Å². The largest absolute Gasteiger partial charge is 0.271 e. The number of sulfone groups is 1. The molecule has 1 rings (SSSR count). The van der Waals surface area contributed by atoms with Crippen molar-refractivity contribution in [3.63, 3.8) is 0 Å². The molecular weight excluding hydrogens is 274 g/mol. The highest BCUT2D eigenvalue weighted by atomic mass is 32.2. The van der Waals surface area contributed by atoms with Crippen molar-refractivity contribution in [2.24, 2.45) is 5.84 Å². The molecule has 0 aliphatic rings. The normalized spacial score (nSPS) is 13.5. The Balaban J connectivity index is 2.56. The van der Waals surface area contributed by atoms with Crippen LogP contribution in [0.15, 0.2) is 18.2 Å². The van der Waals surface area contributed by atoms with Crippen molar-refractivity contribution < 1.29 is 17.2 Å². The molecule has 108 valence electrons. The Bertz CT molecular complexity index is 520. The Hall–Kier alpha value is -1.05. The highest BCUT2D eigenvalue weighted by Gasteiger charge is 2.13. The van der Waals surface area contributed by atoms with Crippen LogP contribution in [0.4, 0.5) is 8.78 Å². The average Bonchev–Trinajstić information content (AvgIpc) is 2.29. The third kappa shape index (κ3) is 6.09. The monoisotopic (exact) mass is 292 g/mol. The highest BCUT2D eigenvalue weighted by molar-refractivity contribution is 7.90. The number of hydrazine groups is 1. The summed E-state index contributed by atoms with van der Waals surface area (Å²) in [5.41, 5.74) is 2.87. The van der Waals surface area contributed by atoms with Gasteiger partial charge in [0, 0.05) is 24.1 Å². The number of nitrogens with two attached hydrogens (primary N) is 1. The standard InChI is InChI=1S/C12H18F2N2O2S/c1-19(17,18)6-2-3-11(16-15)7-9-4-5-10(13)8-12(9)14/h4-5,8,11,16H,2-3,6-7,15H2,1H3. The summed E-state index contributed by atoms with van der Waals surface area (Å²) in [6.45, 7) is 0. The van der Waals surface area contributed by atoms with Crippen molar-refractivity contribution in [3.05, 3.63) is 35.4 Å². The Morgan fingerprint density at radius 1 is 1.37 bits per heavy atom. The molecule has 0 aliphatic carbocycles. The molecule has 7 heteroatoms. The van der Waals surface area contributed by atoms with Crippen LogP contribution in [0.25, 0.3) is 0 Å². The maximum atomic E-state index is 13.5. The molecule has 4 nitrogen and oxygen atoms in total. The van der Waals surface area contributed by atoms with Crippen LogP contribution in [-0.2, 0) is 16.3 Å². The quantitative estimate of drug-likeness (QED) is 0.584. The molecule has 1 atom stereocenters. The lowest BCUT2D eigenvalue weighted by molar-refractivity contribution is 0.472. The first-order chi connectivity index (χ1) is 8.81. The molecule has 0 bridgehead atoms. The van der Waals surface area contributed by atoms with Crippen LogP contribution in [0.1, 0.15) is 18.4 Å². The van der Waals surface area contributed by atoms with E-state index < -0.39 is 21.5 Å². The third-order valence-corrected chi connectivity index (χ3v) is 3.82. The van der Waals surface area contributed by atoms with Gasteiger partial charge in [0.05, 0.1) is 0 Å². The Morgan fingerprint density at radius 3 is 2.58 bits per heavy atom. The number of halogens is 2. The summed E-state index contributed by atoms with van der Waals surface area (Å²) in [6.07, 6.45) is 2.39. The van der Waals surface area contributed by atoms with Gasteiger partial charge < -0.3 is 0 Å². The van der Waals surface area contributed by atoms with Crippen LogP contribution in [0.2, 0.25) is 0 Å². The van der Waals surface area contributed by atoms with Gasteiger partial charge in [-0.05, 0) is 30.9 Å². The second-order valence-electron chi connectivity index (χ2n) is 4.58. The summed E-state index contributed by atoms with van der Waals surface area (Å²) in [4.78, 5) is 0. The molecule has 0 radical (unpaired) electrons. The van der Waals surface area contributed by atoms with Gasteiger partial charge in [-0.15, -0.1) is 0 Å². The van der Waals surface area contributed by atoms with E-state index in [1.807, 2.05) is 0 Å². The number of hydrogen-bond acceptors (Lipinski definition) is 4. The molecule has 1 unspecified atom stereocenters. The average molecular weight is 292 g/mol. The molecular formula is C12H18F2N2O2S. The third-order valence-electron chi connectivity index (χ3n) is 2.78. The van der Waals surface area contributed by atoms with Gasteiger partial charge in [-0.3, -0.25) is 11.3 Å². The van der Waals surface area contributed by atoms with Crippen molar-refractivity contribution >= 4 is 9.84 Å². The fourth-order valence-electron chi connectivity index (χ4n) is 1.79. The minimum atomic E-state index is -3.01. The lowest BCUT2D eigenvalue weighted by atomic mass is 10.0. The molecule has 0 aromatic heterocycles. The van der Waals surface area contributed by atoms with Crippen LogP contribution in [0.5, 0.6) is 0 Å². The number of nitrogens with one attached hydrogen (secondary N) is 1. The maximum Gasteiger partial charge on any atom is 0.147 e. The van der Waals surface area contributed by atoms with E-state index in [1.165, 1.54) is 12.1 Å². The zero-order valence-corrected chi connectivity index (χ0v) is 11.5. The van der Waals surface area contributed by atoms with E-state index in [-0.39, 0.29) is 18.2 Å². The molecule has 0 aliphatic heterocycles. The predicted octanol–water partition coefficient (Wildman–Crippen LogP) is 1.16. The molecule has 0 spiro atoms. The second kappa shape index (κ2) is 6.93. The molecule has 0 saturated heterocycles. The lowest BCUT2D eigenvalue weighted by Gasteiger charge is -2.16. The Morgan fingerprint density at radius 2 is 2.05 bits per heavy atom. The second-order valence-corrected chi connectivity index (χ2v) is 6.84. The van der Waals surface area contributed by atoms with Crippen molar-refractivity contribution in [2.45, 2.75) is 25.3 Å². The fraction of sp³-hybridized carbons (Fsp3) is 0.500. The fourth-order valence-corrected chi connectivity index (χ4v) is 2.48. The van der Waals surface area contributed by atoms with E-state index in [9.17, 15) is 17.2 Å². The summed E-state index contributed by atoms with van der Waals surface area (Å²) in [7, 11) is -3.01. The van der Waals surface area contributed by atoms with Gasteiger partial charge in [-0.25, -0.2) is 17.2 Å². The number of rotatable bonds is 7. The van der Waals surface area contributed by atoms with E-state index in [0.29, 0.717) is 18.4 Å². The van der Waals surface area contributed by atoms with E-state index in [1.54, 1.807) is 0 Å². The van der Waals surface area contributed by atoms with E-state index >= 15 is 0 Å². The molecule has 1 aromatic rings. The van der Waals surface area contributed by atoms with Crippen molar-refractivity contribution in [1.82, 2.24) is 5.43 Å². The summed E-state index contributed by atoms with van der Waals surface area (Å²) < 4.78 is 48.2. The van der Waals surface area contributed by atoms with E-state index in [0.717, 1.165) is 12.3 Å². The minimum absolute atomic E-state index is 0.0665. The van der Waals surface area contributed by atoms with E-state index in [4.69, 9.17) is 5.84 Å². The van der Waals surface area contributed by atoms with Gasteiger partial charge in [0.1, 0.15) is 21.5 Å². The van der Waals surface area contributed by atoms with Crippen LogP contribution in [0.3, 0.4) is 0 Å². The van der Waals surface area contributed by atoms with E-state index in [2.05, 4.69) is 5.43 Å². The summed E-state index contributed by atoms with van der Waals surface area (Å²) in [5, 5.41) is 0. The molecule has 0 saturated carbocycles. The lowest BCUT2D eigenvalue weighted by Crippen LogP contribution is -2.37. The van der Waals surface area contributed by atoms with Gasteiger partial charge in [0.15, 0.2) is 0 Å².